The smallest absolute Gasteiger partial charge is 0.153 e. The Kier molecular flexibility index (Phi) is 4.93. The van der Waals surface area contributed by atoms with E-state index in [0.29, 0.717) is 17.1 Å². The molecule has 0 aromatic heterocycles. The van der Waals surface area contributed by atoms with E-state index in [-0.39, 0.29) is 0 Å². The minimum absolute atomic E-state index is 0.497. The second-order valence-electron chi connectivity index (χ2n) is 3.72. The van der Waals surface area contributed by atoms with Crippen molar-refractivity contribution in [1.82, 2.24) is 0 Å². The molecular weight excluding hydrogens is 372 g/mol. The van der Waals surface area contributed by atoms with Crippen molar-refractivity contribution in [2.45, 2.75) is 0 Å². The second-order valence-corrected chi connectivity index (χ2v) is 5.03. The van der Waals surface area contributed by atoms with Crippen LogP contribution in [0.3, 0.4) is 0 Å². The Hall–Kier alpha value is -1.39. The first-order chi connectivity index (χ1) is 9.26. The van der Waals surface area contributed by atoms with Crippen molar-refractivity contribution in [2.24, 2.45) is 0 Å². The minimum Gasteiger partial charge on any atom is -0.454 e. The van der Waals surface area contributed by atoms with Gasteiger partial charge in [0.15, 0.2) is 12.0 Å². The number of aldehydes is 1. The number of hydrogen-bond acceptors (Lipinski definition) is 2. The fourth-order valence-electron chi connectivity index (χ4n) is 1.58. The van der Waals surface area contributed by atoms with E-state index in [1.165, 1.54) is 0 Å². The molecule has 0 N–H and O–H groups in total. The lowest BCUT2D eigenvalue weighted by Gasteiger charge is -2.12. The molecule has 0 saturated carbocycles. The quantitative estimate of drug-likeness (QED) is 0.548. The zero-order valence-electron chi connectivity index (χ0n) is 9.85. The summed E-state index contributed by atoms with van der Waals surface area (Å²) in [4.78, 5) is 12.7. The van der Waals surface area contributed by atoms with Gasteiger partial charge in [0.1, 0.15) is 5.76 Å². The summed E-state index contributed by atoms with van der Waals surface area (Å²) in [6, 6.07) is 15.0. The van der Waals surface area contributed by atoms with Gasteiger partial charge >= 0.3 is 0 Å². The molecule has 0 aliphatic carbocycles. The average Bonchev–Trinajstić information content (AvgIpc) is 2.46. The molecule has 2 nitrogen and oxygen atoms in total. The molecule has 19 heavy (non-hydrogen) atoms. The van der Waals surface area contributed by atoms with Crippen LogP contribution in [0.1, 0.15) is 15.9 Å². The maximum absolute atomic E-state index is 11.1. The number of ether oxygens (including phenoxy) is 1. The summed E-state index contributed by atoms with van der Waals surface area (Å²) in [5.74, 6) is 1.14. The van der Waals surface area contributed by atoms with Gasteiger partial charge in [-0.05, 0) is 28.1 Å². The van der Waals surface area contributed by atoms with Gasteiger partial charge in [-0.25, -0.2) is 0 Å². The zero-order valence-corrected chi connectivity index (χ0v) is 13.0. The molecule has 2 rings (SSSR count). The van der Waals surface area contributed by atoms with Crippen LogP contribution in [0, 0.1) is 0 Å². The van der Waals surface area contributed by atoms with Crippen molar-refractivity contribution in [1.29, 1.82) is 0 Å². The second kappa shape index (κ2) is 6.68. The van der Waals surface area contributed by atoms with Crippen molar-refractivity contribution < 1.29 is 9.53 Å². The highest BCUT2D eigenvalue weighted by Gasteiger charge is 2.11. The predicted molar refractivity (Wildman–Crippen MR) is 83.5 cm³/mol. The molecule has 0 bridgehead atoms. The first-order valence-electron chi connectivity index (χ1n) is 5.53. The Balaban J connectivity index is 2.38. The van der Waals surface area contributed by atoms with Gasteiger partial charge in [-0.15, -0.1) is 0 Å². The molecule has 0 fully saturated rings. The minimum atomic E-state index is 0.497. The Labute approximate surface area is 128 Å². The molecule has 0 heterocycles. The van der Waals surface area contributed by atoms with Gasteiger partial charge in [0.05, 0.1) is 10.0 Å². The van der Waals surface area contributed by atoms with Crippen LogP contribution in [0.25, 0.3) is 5.76 Å². The van der Waals surface area contributed by atoms with Gasteiger partial charge in [-0.3, -0.25) is 4.79 Å². The molecule has 2 aromatic carbocycles. The Morgan fingerprint density at radius 1 is 1.05 bits per heavy atom. The summed E-state index contributed by atoms with van der Waals surface area (Å²) in [6.07, 6.45) is 0.775. The van der Waals surface area contributed by atoms with E-state index >= 15 is 0 Å². The van der Waals surface area contributed by atoms with Crippen molar-refractivity contribution in [3.8, 4) is 5.75 Å². The number of carbonyl (C=O) groups excluding carboxylic acids is 1. The highest BCUT2D eigenvalue weighted by Crippen LogP contribution is 2.32. The number of para-hydroxylation sites is 1. The predicted octanol–water partition coefficient (Wildman–Crippen LogP) is 5.03. The van der Waals surface area contributed by atoms with Crippen LogP contribution in [0.15, 0.2) is 58.0 Å². The van der Waals surface area contributed by atoms with Crippen LogP contribution in [0.2, 0.25) is 0 Å². The Morgan fingerprint density at radius 3 is 2.42 bits per heavy atom. The molecule has 4 heteroatoms. The lowest BCUT2D eigenvalue weighted by molar-refractivity contribution is 0.112. The maximum Gasteiger partial charge on any atom is 0.153 e. The molecule has 2 aromatic rings. The Bertz CT molecular complexity index is 607. The van der Waals surface area contributed by atoms with E-state index < -0.39 is 0 Å². The summed E-state index contributed by atoms with van der Waals surface area (Å²) >= 11 is 6.68. The van der Waals surface area contributed by atoms with Gasteiger partial charge in [0.2, 0.25) is 0 Å². The monoisotopic (exact) mass is 380 g/mol. The van der Waals surface area contributed by atoms with Crippen molar-refractivity contribution >= 4 is 43.9 Å². The third-order valence-electron chi connectivity index (χ3n) is 2.49. The van der Waals surface area contributed by atoms with E-state index in [4.69, 9.17) is 4.74 Å². The van der Waals surface area contributed by atoms with E-state index in [0.717, 1.165) is 16.3 Å². The third-order valence-corrected chi connectivity index (χ3v) is 3.53. The van der Waals surface area contributed by atoms with Crippen LogP contribution in [-0.4, -0.2) is 6.29 Å². The van der Waals surface area contributed by atoms with Gasteiger partial charge in [-0.1, -0.05) is 52.3 Å². The van der Waals surface area contributed by atoms with E-state index in [2.05, 4.69) is 31.9 Å². The first kappa shape index (κ1) is 14.0. The normalized spacial score (nSPS) is 11.2. The van der Waals surface area contributed by atoms with Crippen LogP contribution in [0.5, 0.6) is 5.75 Å². The van der Waals surface area contributed by atoms with Gasteiger partial charge in [-0.2, -0.15) is 0 Å². The fourth-order valence-corrected chi connectivity index (χ4v) is 2.40. The summed E-state index contributed by atoms with van der Waals surface area (Å²) in [7, 11) is 0. The number of halogens is 2. The van der Waals surface area contributed by atoms with E-state index in [1.54, 1.807) is 17.1 Å². The van der Waals surface area contributed by atoms with Gasteiger partial charge < -0.3 is 4.74 Å². The SMILES string of the molecule is O=Cc1cccc(Br)c1O/C(=C\Br)c1ccccc1. The van der Waals surface area contributed by atoms with Gasteiger partial charge in [0, 0.05) is 10.5 Å². The first-order valence-corrected chi connectivity index (χ1v) is 7.24. The molecule has 0 spiro atoms. The molecule has 0 radical (unpaired) electrons. The maximum atomic E-state index is 11.1. The zero-order chi connectivity index (χ0) is 13.7. The average molecular weight is 382 g/mol. The van der Waals surface area contributed by atoms with Crippen molar-refractivity contribution in [2.75, 3.05) is 0 Å². The molecule has 0 amide bonds. The fraction of sp³-hybridized carbons (Fsp3) is 0. The number of rotatable bonds is 4. The summed E-state index contributed by atoms with van der Waals surface area (Å²) < 4.78 is 6.57. The third kappa shape index (κ3) is 3.33. The number of benzene rings is 2. The molecule has 0 saturated heterocycles. The Morgan fingerprint density at radius 2 is 1.79 bits per heavy atom. The standard InChI is InChI=1S/C15H10Br2O2/c16-9-14(11-5-2-1-3-6-11)19-15-12(10-18)7-4-8-13(15)17/h1-10H/b14-9-. The number of hydrogen-bond donors (Lipinski definition) is 0. The molecule has 96 valence electrons. The van der Waals surface area contributed by atoms with E-state index in [1.807, 2.05) is 36.4 Å². The lowest BCUT2D eigenvalue weighted by atomic mass is 10.2. The van der Waals surface area contributed by atoms with Crippen molar-refractivity contribution in [3.63, 3.8) is 0 Å². The highest BCUT2D eigenvalue weighted by atomic mass is 79.9. The van der Waals surface area contributed by atoms with Crippen LogP contribution >= 0.6 is 31.9 Å². The van der Waals surface area contributed by atoms with Gasteiger partial charge in [0.25, 0.3) is 0 Å². The topological polar surface area (TPSA) is 26.3 Å². The largest absolute Gasteiger partial charge is 0.454 e. The summed E-state index contributed by atoms with van der Waals surface area (Å²) in [5.41, 5.74) is 1.42. The lowest BCUT2D eigenvalue weighted by Crippen LogP contribution is -1.98. The summed E-state index contributed by atoms with van der Waals surface area (Å²) in [5, 5.41) is 0. The van der Waals surface area contributed by atoms with Crippen LogP contribution in [-0.2, 0) is 0 Å². The molecule has 0 aliphatic heterocycles. The summed E-state index contributed by atoms with van der Waals surface area (Å²) in [6.45, 7) is 0. The van der Waals surface area contributed by atoms with Crippen molar-refractivity contribution in [3.05, 3.63) is 69.1 Å². The molecular formula is C15H10Br2O2. The highest BCUT2D eigenvalue weighted by molar-refractivity contribution is 9.11. The molecule has 0 unspecified atom stereocenters. The van der Waals surface area contributed by atoms with E-state index in [9.17, 15) is 4.79 Å². The van der Waals surface area contributed by atoms with Crippen LogP contribution < -0.4 is 4.74 Å². The molecule has 0 atom stereocenters. The number of carbonyl (C=O) groups is 1. The molecule has 0 aliphatic rings. The van der Waals surface area contributed by atoms with Crippen LogP contribution in [0.4, 0.5) is 0 Å².